The Morgan fingerprint density at radius 1 is 1.32 bits per heavy atom. The third-order valence-electron chi connectivity index (χ3n) is 3.58. The molecule has 4 heteroatoms. The minimum Gasteiger partial charge on any atom is -0.392 e. The van der Waals surface area contributed by atoms with Crippen molar-refractivity contribution in [3.63, 3.8) is 0 Å². The van der Waals surface area contributed by atoms with Crippen LogP contribution >= 0.6 is 0 Å². The van der Waals surface area contributed by atoms with Gasteiger partial charge < -0.3 is 5.11 Å². The second kappa shape index (κ2) is 5.23. The summed E-state index contributed by atoms with van der Waals surface area (Å²) >= 11 is 0. The van der Waals surface area contributed by atoms with Gasteiger partial charge in [-0.3, -0.25) is 9.88 Å². The molecule has 1 aromatic heterocycles. The van der Waals surface area contributed by atoms with Crippen molar-refractivity contribution in [3.8, 4) is 0 Å². The fraction of sp³-hybridized carbons (Fsp3) is 0.400. The number of rotatable bonds is 2. The average molecular weight is 260 g/mol. The number of benzene rings is 1. The van der Waals surface area contributed by atoms with Crippen molar-refractivity contribution >= 4 is 10.9 Å². The van der Waals surface area contributed by atoms with Gasteiger partial charge >= 0.3 is 0 Å². The number of hydrogen-bond donors (Lipinski definition) is 1. The van der Waals surface area contributed by atoms with E-state index in [2.05, 4.69) is 9.88 Å². The smallest absolute Gasteiger partial charge is 0.123 e. The number of pyridine rings is 1. The van der Waals surface area contributed by atoms with Crippen molar-refractivity contribution < 1.29 is 9.50 Å². The van der Waals surface area contributed by atoms with Gasteiger partial charge in [-0.25, -0.2) is 4.39 Å². The average Bonchev–Trinajstić information content (AvgIpc) is 2.39. The number of β-amino-alcohol motifs (C(OH)–C–C–N with tert-alkyl or cyclic N) is 1. The fourth-order valence-electron chi connectivity index (χ4n) is 2.63. The molecule has 3 nitrogen and oxygen atoms in total. The first kappa shape index (κ1) is 12.5. The van der Waals surface area contributed by atoms with Crippen molar-refractivity contribution in [3.05, 3.63) is 41.8 Å². The van der Waals surface area contributed by atoms with Crippen LogP contribution in [0.4, 0.5) is 4.39 Å². The van der Waals surface area contributed by atoms with E-state index in [1.807, 2.05) is 12.1 Å². The number of aliphatic hydroxyl groups is 1. The van der Waals surface area contributed by atoms with Crippen LogP contribution in [0, 0.1) is 5.82 Å². The van der Waals surface area contributed by atoms with Crippen molar-refractivity contribution in [1.29, 1.82) is 0 Å². The van der Waals surface area contributed by atoms with Crippen molar-refractivity contribution in [1.82, 2.24) is 9.88 Å². The van der Waals surface area contributed by atoms with E-state index in [9.17, 15) is 9.50 Å². The molecule has 2 heterocycles. The maximum absolute atomic E-state index is 13.1. The van der Waals surface area contributed by atoms with E-state index in [0.29, 0.717) is 6.54 Å². The Morgan fingerprint density at radius 2 is 2.21 bits per heavy atom. The predicted molar refractivity (Wildman–Crippen MR) is 72.2 cm³/mol. The Bertz CT molecular complexity index is 587. The summed E-state index contributed by atoms with van der Waals surface area (Å²) in [7, 11) is 0. The SMILES string of the molecule is O[C@H]1CCCN(Cc2ccc3cc(F)ccc3n2)C1. The summed E-state index contributed by atoms with van der Waals surface area (Å²) in [6.45, 7) is 2.45. The first-order valence-corrected chi connectivity index (χ1v) is 6.66. The van der Waals surface area contributed by atoms with Crippen LogP contribution in [0.25, 0.3) is 10.9 Å². The first-order chi connectivity index (χ1) is 9.20. The molecule has 0 spiro atoms. The van der Waals surface area contributed by atoms with Crippen LogP contribution in [-0.4, -0.2) is 34.2 Å². The molecular weight excluding hydrogens is 243 g/mol. The molecule has 0 aliphatic carbocycles. The lowest BCUT2D eigenvalue weighted by Gasteiger charge is -2.29. The van der Waals surface area contributed by atoms with Gasteiger partial charge in [0.2, 0.25) is 0 Å². The fourth-order valence-corrected chi connectivity index (χ4v) is 2.63. The molecule has 1 N–H and O–H groups in total. The molecule has 0 bridgehead atoms. The highest BCUT2D eigenvalue weighted by Crippen LogP contribution is 2.17. The van der Waals surface area contributed by atoms with E-state index in [4.69, 9.17) is 0 Å². The largest absolute Gasteiger partial charge is 0.392 e. The lowest BCUT2D eigenvalue weighted by atomic mass is 10.1. The summed E-state index contributed by atoms with van der Waals surface area (Å²) < 4.78 is 13.1. The number of piperidine rings is 1. The highest BCUT2D eigenvalue weighted by Gasteiger charge is 2.17. The van der Waals surface area contributed by atoms with E-state index in [1.54, 1.807) is 6.07 Å². The molecule has 1 atom stereocenters. The highest BCUT2D eigenvalue weighted by atomic mass is 19.1. The van der Waals surface area contributed by atoms with Gasteiger partial charge in [-0.05, 0) is 43.7 Å². The van der Waals surface area contributed by atoms with Crippen LogP contribution in [0.5, 0.6) is 0 Å². The minimum atomic E-state index is -0.235. The number of hydrogen-bond acceptors (Lipinski definition) is 3. The molecule has 100 valence electrons. The van der Waals surface area contributed by atoms with E-state index in [-0.39, 0.29) is 11.9 Å². The van der Waals surface area contributed by atoms with Crippen LogP contribution < -0.4 is 0 Å². The van der Waals surface area contributed by atoms with Crippen LogP contribution in [0.15, 0.2) is 30.3 Å². The third kappa shape index (κ3) is 2.91. The monoisotopic (exact) mass is 260 g/mol. The Morgan fingerprint density at radius 3 is 3.05 bits per heavy atom. The normalized spacial score (nSPS) is 20.8. The zero-order valence-electron chi connectivity index (χ0n) is 10.7. The van der Waals surface area contributed by atoms with E-state index < -0.39 is 0 Å². The molecular formula is C15H17FN2O. The molecule has 0 radical (unpaired) electrons. The lowest BCUT2D eigenvalue weighted by Crippen LogP contribution is -2.37. The summed E-state index contributed by atoms with van der Waals surface area (Å²) in [6.07, 6.45) is 1.70. The van der Waals surface area contributed by atoms with E-state index >= 15 is 0 Å². The van der Waals surface area contributed by atoms with Gasteiger partial charge in [0.05, 0.1) is 17.3 Å². The number of nitrogens with zero attached hydrogens (tertiary/aromatic N) is 2. The van der Waals surface area contributed by atoms with Gasteiger partial charge in [0.25, 0.3) is 0 Å². The summed E-state index contributed by atoms with van der Waals surface area (Å²) in [4.78, 5) is 6.76. The summed E-state index contributed by atoms with van der Waals surface area (Å²) in [5, 5.41) is 10.5. The number of likely N-dealkylation sites (tertiary alicyclic amines) is 1. The molecule has 1 saturated heterocycles. The van der Waals surface area contributed by atoms with Crippen LogP contribution in [-0.2, 0) is 6.54 Å². The Balaban J connectivity index is 1.79. The van der Waals surface area contributed by atoms with Crippen molar-refractivity contribution in [2.75, 3.05) is 13.1 Å². The zero-order valence-corrected chi connectivity index (χ0v) is 10.7. The molecule has 1 aliphatic rings. The topological polar surface area (TPSA) is 36.4 Å². The van der Waals surface area contributed by atoms with Crippen LogP contribution in [0.3, 0.4) is 0 Å². The molecule has 2 aromatic rings. The standard InChI is InChI=1S/C15H17FN2O/c16-12-4-6-15-11(8-12)3-5-13(17-15)9-18-7-1-2-14(19)10-18/h3-6,8,14,19H,1-2,7,9-10H2/t14-/m0/s1. The van der Waals surface area contributed by atoms with Gasteiger partial charge in [0.1, 0.15) is 5.82 Å². The van der Waals surface area contributed by atoms with Gasteiger partial charge in [0, 0.05) is 18.5 Å². The molecule has 1 aliphatic heterocycles. The lowest BCUT2D eigenvalue weighted by molar-refractivity contribution is 0.0662. The number of halogens is 1. The van der Waals surface area contributed by atoms with Crippen molar-refractivity contribution in [2.45, 2.75) is 25.5 Å². The predicted octanol–water partition coefficient (Wildman–Crippen LogP) is 2.33. The Kier molecular flexibility index (Phi) is 3.44. The first-order valence-electron chi connectivity index (χ1n) is 6.66. The Hall–Kier alpha value is -1.52. The number of aromatic nitrogens is 1. The minimum absolute atomic E-state index is 0.219. The number of aliphatic hydroxyl groups excluding tert-OH is 1. The zero-order chi connectivity index (χ0) is 13.2. The summed E-state index contributed by atoms with van der Waals surface area (Å²) in [5.74, 6) is -0.235. The number of fused-ring (bicyclic) bond motifs is 1. The summed E-state index contributed by atoms with van der Waals surface area (Å²) in [5.41, 5.74) is 1.78. The molecule has 3 rings (SSSR count). The Labute approximate surface area is 111 Å². The second-order valence-electron chi connectivity index (χ2n) is 5.17. The van der Waals surface area contributed by atoms with Crippen molar-refractivity contribution in [2.24, 2.45) is 0 Å². The van der Waals surface area contributed by atoms with Crippen LogP contribution in [0.2, 0.25) is 0 Å². The third-order valence-corrected chi connectivity index (χ3v) is 3.58. The van der Waals surface area contributed by atoms with E-state index in [1.165, 1.54) is 12.1 Å². The maximum atomic E-state index is 13.1. The van der Waals surface area contributed by atoms with Crippen LogP contribution in [0.1, 0.15) is 18.5 Å². The molecule has 1 aromatic carbocycles. The molecule has 0 amide bonds. The maximum Gasteiger partial charge on any atom is 0.123 e. The highest BCUT2D eigenvalue weighted by molar-refractivity contribution is 5.78. The van der Waals surface area contributed by atoms with Gasteiger partial charge in [-0.2, -0.15) is 0 Å². The quantitative estimate of drug-likeness (QED) is 0.900. The summed E-state index contributed by atoms with van der Waals surface area (Å²) in [6, 6.07) is 8.48. The van der Waals surface area contributed by atoms with Gasteiger partial charge in [-0.1, -0.05) is 6.07 Å². The molecule has 0 saturated carbocycles. The van der Waals surface area contributed by atoms with E-state index in [0.717, 1.165) is 42.5 Å². The second-order valence-corrected chi connectivity index (χ2v) is 5.17. The van der Waals surface area contributed by atoms with Gasteiger partial charge in [-0.15, -0.1) is 0 Å². The molecule has 0 unspecified atom stereocenters. The van der Waals surface area contributed by atoms with Gasteiger partial charge in [0.15, 0.2) is 0 Å². The molecule has 19 heavy (non-hydrogen) atoms. The molecule has 1 fully saturated rings.